The molecule has 1 rings (SSSR count). The van der Waals surface area contributed by atoms with Gasteiger partial charge in [-0.25, -0.2) is 0 Å². The lowest BCUT2D eigenvalue weighted by molar-refractivity contribution is -0.119. The summed E-state index contributed by atoms with van der Waals surface area (Å²) in [4.78, 5) is 11.9. The Morgan fingerprint density at radius 1 is 1.36 bits per heavy atom. The molecule has 0 amide bonds. The van der Waals surface area contributed by atoms with Crippen LogP contribution in [0.5, 0.6) is 0 Å². The molecule has 0 aromatic carbocycles. The third-order valence-corrected chi connectivity index (χ3v) is 2.90. The van der Waals surface area contributed by atoms with E-state index in [1.54, 1.807) is 7.11 Å². The number of carbonyl (C=O) groups is 1. The fourth-order valence-electron chi connectivity index (χ4n) is 2.33. The molecule has 1 unspecified atom stereocenters. The van der Waals surface area contributed by atoms with Crippen molar-refractivity contribution in [3.8, 4) is 0 Å². The standard InChI is InChI=1S/C12H20O2/c1-8-6-12(3,4)7-10(13)11(8)9(2)14-5/h9H,6-7H2,1-5H3. The van der Waals surface area contributed by atoms with Crippen LogP contribution in [-0.2, 0) is 9.53 Å². The Bertz CT molecular complexity index is 274. The number of hydrogen-bond donors (Lipinski definition) is 0. The van der Waals surface area contributed by atoms with Crippen molar-refractivity contribution >= 4 is 5.78 Å². The summed E-state index contributed by atoms with van der Waals surface area (Å²) in [7, 11) is 1.65. The van der Waals surface area contributed by atoms with Crippen molar-refractivity contribution in [2.75, 3.05) is 7.11 Å². The summed E-state index contributed by atoms with van der Waals surface area (Å²) in [6, 6.07) is 0. The summed E-state index contributed by atoms with van der Waals surface area (Å²) < 4.78 is 5.22. The Balaban J connectivity index is 2.99. The SMILES string of the molecule is COC(C)C1=C(C)CC(C)(C)CC1=O. The zero-order chi connectivity index (χ0) is 10.9. The minimum absolute atomic E-state index is 0.0569. The average molecular weight is 196 g/mol. The van der Waals surface area contributed by atoms with Crippen LogP contribution in [0.25, 0.3) is 0 Å². The predicted octanol–water partition coefficient (Wildman–Crippen LogP) is 2.73. The minimum atomic E-state index is -0.0569. The number of Topliss-reactive ketones (excluding diaryl/α,β-unsaturated/α-hetero) is 1. The molecule has 0 heterocycles. The summed E-state index contributed by atoms with van der Waals surface area (Å²) in [5.74, 6) is 0.258. The Hall–Kier alpha value is -0.630. The van der Waals surface area contributed by atoms with Gasteiger partial charge in [-0.05, 0) is 25.7 Å². The molecule has 80 valence electrons. The molecule has 14 heavy (non-hydrogen) atoms. The molecule has 1 atom stereocenters. The van der Waals surface area contributed by atoms with Crippen molar-refractivity contribution in [2.45, 2.75) is 46.6 Å². The Morgan fingerprint density at radius 3 is 2.36 bits per heavy atom. The van der Waals surface area contributed by atoms with Gasteiger partial charge in [0.05, 0.1) is 6.10 Å². The van der Waals surface area contributed by atoms with E-state index < -0.39 is 0 Å². The monoisotopic (exact) mass is 196 g/mol. The van der Waals surface area contributed by atoms with E-state index in [4.69, 9.17) is 4.74 Å². The Morgan fingerprint density at radius 2 is 1.93 bits per heavy atom. The van der Waals surface area contributed by atoms with Crippen LogP contribution in [-0.4, -0.2) is 19.0 Å². The van der Waals surface area contributed by atoms with Gasteiger partial charge in [-0.3, -0.25) is 4.79 Å². The van der Waals surface area contributed by atoms with Crippen LogP contribution in [0.1, 0.15) is 40.5 Å². The maximum absolute atomic E-state index is 11.9. The molecule has 2 heteroatoms. The summed E-state index contributed by atoms with van der Waals surface area (Å²) in [6.45, 7) is 8.27. The number of rotatable bonds is 2. The normalized spacial score (nSPS) is 23.9. The molecule has 0 N–H and O–H groups in total. The van der Waals surface area contributed by atoms with Crippen LogP contribution in [0.4, 0.5) is 0 Å². The van der Waals surface area contributed by atoms with E-state index in [-0.39, 0.29) is 17.3 Å². The van der Waals surface area contributed by atoms with Crippen LogP contribution < -0.4 is 0 Å². The average Bonchev–Trinajstić information content (AvgIpc) is 1.99. The van der Waals surface area contributed by atoms with Gasteiger partial charge in [0.15, 0.2) is 5.78 Å². The van der Waals surface area contributed by atoms with Crippen molar-refractivity contribution < 1.29 is 9.53 Å². The van der Waals surface area contributed by atoms with Crippen molar-refractivity contribution in [3.63, 3.8) is 0 Å². The lowest BCUT2D eigenvalue weighted by atomic mass is 9.73. The Labute approximate surface area is 86.3 Å². The van der Waals surface area contributed by atoms with Crippen molar-refractivity contribution in [2.24, 2.45) is 5.41 Å². The highest BCUT2D eigenvalue weighted by molar-refractivity contribution is 5.98. The molecule has 2 nitrogen and oxygen atoms in total. The molecular formula is C12H20O2. The first-order valence-electron chi connectivity index (χ1n) is 5.13. The maximum atomic E-state index is 11.9. The predicted molar refractivity (Wildman–Crippen MR) is 57.2 cm³/mol. The summed E-state index contributed by atoms with van der Waals surface area (Å²) >= 11 is 0. The third kappa shape index (κ3) is 2.24. The van der Waals surface area contributed by atoms with E-state index in [1.165, 1.54) is 5.57 Å². The molecular weight excluding hydrogens is 176 g/mol. The van der Waals surface area contributed by atoms with Crippen molar-refractivity contribution in [3.05, 3.63) is 11.1 Å². The van der Waals surface area contributed by atoms with E-state index in [9.17, 15) is 4.79 Å². The number of ether oxygens (including phenoxy) is 1. The first-order valence-corrected chi connectivity index (χ1v) is 5.13. The number of allylic oxidation sites excluding steroid dienone is 1. The van der Waals surface area contributed by atoms with Crippen LogP contribution in [0, 0.1) is 5.41 Å². The van der Waals surface area contributed by atoms with Crippen molar-refractivity contribution in [1.29, 1.82) is 0 Å². The van der Waals surface area contributed by atoms with E-state index in [2.05, 4.69) is 13.8 Å². The molecule has 0 spiro atoms. The lowest BCUT2D eigenvalue weighted by Crippen LogP contribution is -2.30. The maximum Gasteiger partial charge on any atom is 0.161 e. The van der Waals surface area contributed by atoms with Gasteiger partial charge < -0.3 is 4.74 Å². The second-order valence-electron chi connectivity index (χ2n) is 5.01. The second kappa shape index (κ2) is 3.85. The second-order valence-corrected chi connectivity index (χ2v) is 5.01. The van der Waals surface area contributed by atoms with Crippen LogP contribution in [0.15, 0.2) is 11.1 Å². The molecule has 0 aromatic heterocycles. The number of ketones is 1. The van der Waals surface area contributed by atoms with E-state index >= 15 is 0 Å². The molecule has 0 radical (unpaired) electrons. The lowest BCUT2D eigenvalue weighted by Gasteiger charge is -2.32. The number of hydrogen-bond acceptors (Lipinski definition) is 2. The fraction of sp³-hybridized carbons (Fsp3) is 0.750. The van der Waals surface area contributed by atoms with Gasteiger partial charge in [0.2, 0.25) is 0 Å². The summed E-state index contributed by atoms with van der Waals surface area (Å²) in [5, 5.41) is 0. The highest BCUT2D eigenvalue weighted by Gasteiger charge is 2.33. The molecule has 0 fully saturated rings. The van der Waals surface area contributed by atoms with E-state index in [0.29, 0.717) is 6.42 Å². The van der Waals surface area contributed by atoms with Crippen LogP contribution >= 0.6 is 0 Å². The van der Waals surface area contributed by atoms with E-state index in [0.717, 1.165) is 12.0 Å². The summed E-state index contributed by atoms with van der Waals surface area (Å²) in [5.41, 5.74) is 2.21. The molecule has 1 aliphatic carbocycles. The van der Waals surface area contributed by atoms with Gasteiger partial charge in [-0.2, -0.15) is 0 Å². The van der Waals surface area contributed by atoms with Gasteiger partial charge in [-0.1, -0.05) is 19.4 Å². The van der Waals surface area contributed by atoms with Crippen molar-refractivity contribution in [1.82, 2.24) is 0 Å². The fourth-order valence-corrected chi connectivity index (χ4v) is 2.33. The minimum Gasteiger partial charge on any atom is -0.377 e. The molecule has 1 aliphatic rings. The third-order valence-electron chi connectivity index (χ3n) is 2.90. The smallest absolute Gasteiger partial charge is 0.161 e. The first kappa shape index (κ1) is 11.4. The zero-order valence-corrected chi connectivity index (χ0v) is 9.81. The van der Waals surface area contributed by atoms with Gasteiger partial charge in [0.1, 0.15) is 0 Å². The zero-order valence-electron chi connectivity index (χ0n) is 9.81. The topological polar surface area (TPSA) is 26.3 Å². The quantitative estimate of drug-likeness (QED) is 0.678. The van der Waals surface area contributed by atoms with Gasteiger partial charge in [0, 0.05) is 19.1 Å². The molecule has 0 bridgehead atoms. The molecule has 0 saturated carbocycles. The van der Waals surface area contributed by atoms with E-state index in [1.807, 2.05) is 13.8 Å². The van der Waals surface area contributed by atoms with Gasteiger partial charge >= 0.3 is 0 Å². The first-order chi connectivity index (χ1) is 6.37. The van der Waals surface area contributed by atoms with Crippen LogP contribution in [0.3, 0.4) is 0 Å². The van der Waals surface area contributed by atoms with Gasteiger partial charge in [0.25, 0.3) is 0 Å². The molecule has 0 aromatic rings. The largest absolute Gasteiger partial charge is 0.377 e. The highest BCUT2D eigenvalue weighted by Crippen LogP contribution is 2.37. The number of carbonyl (C=O) groups excluding carboxylic acids is 1. The van der Waals surface area contributed by atoms with Gasteiger partial charge in [-0.15, -0.1) is 0 Å². The van der Waals surface area contributed by atoms with Crippen LogP contribution in [0.2, 0.25) is 0 Å². The number of methoxy groups -OCH3 is 1. The molecule has 0 saturated heterocycles. The molecule has 0 aliphatic heterocycles. The highest BCUT2D eigenvalue weighted by atomic mass is 16.5. The summed E-state index contributed by atoms with van der Waals surface area (Å²) in [6.07, 6.45) is 1.59. The Kier molecular flexibility index (Phi) is 3.15.